The Balaban J connectivity index is 2.61. The highest BCUT2D eigenvalue weighted by molar-refractivity contribution is 6.01. The van der Waals surface area contributed by atoms with Crippen molar-refractivity contribution in [1.29, 1.82) is 0 Å². The summed E-state index contributed by atoms with van der Waals surface area (Å²) >= 11 is 0. The fourth-order valence-corrected chi connectivity index (χ4v) is 1.43. The summed E-state index contributed by atoms with van der Waals surface area (Å²) < 4.78 is 22.7. The molecule has 8 heteroatoms. The van der Waals surface area contributed by atoms with Gasteiger partial charge in [-0.3, -0.25) is 10.1 Å². The van der Waals surface area contributed by atoms with Gasteiger partial charge in [0.05, 0.1) is 16.9 Å². The Kier molecular flexibility index (Phi) is 2.92. The van der Waals surface area contributed by atoms with Gasteiger partial charge < -0.3 is 9.26 Å². The van der Waals surface area contributed by atoms with Crippen LogP contribution in [0.1, 0.15) is 17.4 Å². The standard InChI is InChI=1S/C10H7FN2O5/c1-2-17-10(14)9-5-3-7(13(15)16)6(11)4-8(5)18-12-9/h3-4H,2H2,1H3. The number of hydrogen-bond donors (Lipinski definition) is 0. The molecule has 0 amide bonds. The lowest BCUT2D eigenvalue weighted by Crippen LogP contribution is -2.05. The molecule has 0 aliphatic carbocycles. The molecule has 0 saturated carbocycles. The second-order valence-corrected chi connectivity index (χ2v) is 3.31. The van der Waals surface area contributed by atoms with E-state index in [9.17, 15) is 19.3 Å². The van der Waals surface area contributed by atoms with Crippen LogP contribution >= 0.6 is 0 Å². The van der Waals surface area contributed by atoms with Crippen molar-refractivity contribution in [3.63, 3.8) is 0 Å². The third-order valence-corrected chi connectivity index (χ3v) is 2.20. The van der Waals surface area contributed by atoms with Gasteiger partial charge in [0.25, 0.3) is 0 Å². The topological polar surface area (TPSA) is 95.5 Å². The van der Waals surface area contributed by atoms with Crippen LogP contribution in [0.5, 0.6) is 0 Å². The van der Waals surface area contributed by atoms with Crippen LogP contribution in [-0.4, -0.2) is 22.7 Å². The van der Waals surface area contributed by atoms with Crippen LogP contribution in [-0.2, 0) is 4.74 Å². The highest BCUT2D eigenvalue weighted by Crippen LogP contribution is 2.27. The lowest BCUT2D eigenvalue weighted by molar-refractivity contribution is -0.387. The number of benzene rings is 1. The third-order valence-electron chi connectivity index (χ3n) is 2.20. The van der Waals surface area contributed by atoms with Crippen molar-refractivity contribution in [1.82, 2.24) is 5.16 Å². The normalized spacial score (nSPS) is 10.6. The number of nitrogens with zero attached hydrogens (tertiary/aromatic N) is 2. The monoisotopic (exact) mass is 254 g/mol. The van der Waals surface area contributed by atoms with E-state index < -0.39 is 22.4 Å². The maximum atomic E-state index is 13.3. The number of nitro benzene ring substituents is 1. The number of halogens is 1. The Labute approximate surface area is 99.3 Å². The largest absolute Gasteiger partial charge is 0.461 e. The van der Waals surface area contributed by atoms with Gasteiger partial charge in [-0.15, -0.1) is 0 Å². The summed E-state index contributed by atoms with van der Waals surface area (Å²) in [5, 5.41) is 14.1. The van der Waals surface area contributed by atoms with Crippen molar-refractivity contribution in [3.8, 4) is 0 Å². The fourth-order valence-electron chi connectivity index (χ4n) is 1.43. The summed E-state index contributed by atoms with van der Waals surface area (Å²) in [6.07, 6.45) is 0. The summed E-state index contributed by atoms with van der Waals surface area (Å²) in [6, 6.07) is 1.70. The van der Waals surface area contributed by atoms with Gasteiger partial charge in [0.1, 0.15) is 0 Å². The van der Waals surface area contributed by atoms with Gasteiger partial charge in [-0.25, -0.2) is 4.79 Å². The molecule has 1 aromatic carbocycles. The predicted octanol–water partition coefficient (Wildman–Crippen LogP) is 2.05. The van der Waals surface area contributed by atoms with E-state index in [2.05, 4.69) is 5.16 Å². The second kappa shape index (κ2) is 4.40. The molecule has 0 atom stereocenters. The van der Waals surface area contributed by atoms with E-state index >= 15 is 0 Å². The molecule has 2 rings (SSSR count). The molecule has 7 nitrogen and oxygen atoms in total. The van der Waals surface area contributed by atoms with Crippen molar-refractivity contribution in [2.45, 2.75) is 6.92 Å². The van der Waals surface area contributed by atoms with E-state index in [1.165, 1.54) is 0 Å². The molecule has 1 heterocycles. The van der Waals surface area contributed by atoms with Crippen LogP contribution in [0, 0.1) is 15.9 Å². The first-order chi connectivity index (χ1) is 8.54. The van der Waals surface area contributed by atoms with Crippen molar-refractivity contribution in [3.05, 3.63) is 33.8 Å². The third kappa shape index (κ3) is 1.88. The van der Waals surface area contributed by atoms with Crippen molar-refractivity contribution in [2.24, 2.45) is 0 Å². The molecule has 0 fully saturated rings. The number of aromatic nitrogens is 1. The zero-order valence-corrected chi connectivity index (χ0v) is 9.18. The lowest BCUT2D eigenvalue weighted by Gasteiger charge is -1.97. The van der Waals surface area contributed by atoms with Crippen molar-refractivity contribution < 1.29 is 23.4 Å². The van der Waals surface area contributed by atoms with Crippen LogP contribution in [0.4, 0.5) is 10.1 Å². The molecule has 0 aliphatic rings. The minimum Gasteiger partial charge on any atom is -0.461 e. The minimum atomic E-state index is -1.06. The van der Waals surface area contributed by atoms with Gasteiger partial charge in [-0.2, -0.15) is 4.39 Å². The fraction of sp³-hybridized carbons (Fsp3) is 0.200. The van der Waals surface area contributed by atoms with Gasteiger partial charge in [0.2, 0.25) is 5.82 Å². The van der Waals surface area contributed by atoms with Gasteiger partial charge in [-0.05, 0) is 6.92 Å². The number of rotatable bonds is 3. The molecular formula is C10H7FN2O5. The van der Waals surface area contributed by atoms with Gasteiger partial charge in [0, 0.05) is 12.1 Å². The first-order valence-corrected chi connectivity index (χ1v) is 4.95. The number of hydrogen-bond acceptors (Lipinski definition) is 6. The number of nitro groups is 1. The molecule has 0 unspecified atom stereocenters. The van der Waals surface area contributed by atoms with Crippen LogP contribution < -0.4 is 0 Å². The highest BCUT2D eigenvalue weighted by Gasteiger charge is 2.23. The molecule has 2 aromatic rings. The van der Waals surface area contributed by atoms with Gasteiger partial charge >= 0.3 is 11.7 Å². The zero-order chi connectivity index (χ0) is 13.3. The molecule has 0 aliphatic heterocycles. The number of carbonyl (C=O) groups excluding carboxylic acids is 1. The summed E-state index contributed by atoms with van der Waals surface area (Å²) in [5.74, 6) is -1.84. The van der Waals surface area contributed by atoms with Gasteiger partial charge in [0.15, 0.2) is 11.3 Å². The summed E-state index contributed by atoms with van der Waals surface area (Å²) in [4.78, 5) is 21.2. The molecule has 18 heavy (non-hydrogen) atoms. The van der Waals surface area contributed by atoms with E-state index in [0.29, 0.717) is 0 Å². The first-order valence-electron chi connectivity index (χ1n) is 4.95. The SMILES string of the molecule is CCOC(=O)c1noc2cc(F)c([N+](=O)[O-])cc12. The van der Waals surface area contributed by atoms with E-state index in [1.54, 1.807) is 6.92 Å². The van der Waals surface area contributed by atoms with E-state index in [4.69, 9.17) is 9.26 Å². The Bertz CT molecular complexity index is 636. The molecular weight excluding hydrogens is 247 g/mol. The summed E-state index contributed by atoms with van der Waals surface area (Å²) in [7, 11) is 0. The molecule has 94 valence electrons. The molecule has 0 radical (unpaired) electrons. The van der Waals surface area contributed by atoms with E-state index in [1.807, 2.05) is 0 Å². The van der Waals surface area contributed by atoms with Gasteiger partial charge in [-0.1, -0.05) is 5.16 Å². The molecule has 0 spiro atoms. The Hall–Kier alpha value is -2.51. The predicted molar refractivity (Wildman–Crippen MR) is 56.6 cm³/mol. The van der Waals surface area contributed by atoms with Crippen molar-refractivity contribution >= 4 is 22.6 Å². The minimum absolute atomic E-state index is 0.0431. The Morgan fingerprint density at radius 3 is 2.94 bits per heavy atom. The van der Waals surface area contributed by atoms with Crippen molar-refractivity contribution in [2.75, 3.05) is 6.61 Å². The first kappa shape index (κ1) is 12.0. The second-order valence-electron chi connectivity index (χ2n) is 3.31. The van der Waals surface area contributed by atoms with E-state index in [-0.39, 0.29) is 23.3 Å². The smallest absolute Gasteiger partial charge is 0.361 e. The number of carbonyl (C=O) groups is 1. The zero-order valence-electron chi connectivity index (χ0n) is 9.18. The molecule has 0 saturated heterocycles. The van der Waals surface area contributed by atoms with Crippen LogP contribution in [0.15, 0.2) is 16.7 Å². The van der Waals surface area contributed by atoms with Crippen LogP contribution in [0.25, 0.3) is 11.0 Å². The average Bonchev–Trinajstić information content (AvgIpc) is 2.70. The number of fused-ring (bicyclic) bond motifs is 1. The maximum absolute atomic E-state index is 13.3. The highest BCUT2D eigenvalue weighted by atomic mass is 19.1. The number of ether oxygens (including phenoxy) is 1. The Morgan fingerprint density at radius 2 is 2.33 bits per heavy atom. The maximum Gasteiger partial charge on any atom is 0.361 e. The lowest BCUT2D eigenvalue weighted by atomic mass is 10.2. The Morgan fingerprint density at radius 1 is 1.61 bits per heavy atom. The summed E-state index contributed by atoms with van der Waals surface area (Å²) in [5.41, 5.74) is -1.02. The number of esters is 1. The van der Waals surface area contributed by atoms with Crippen LogP contribution in [0.3, 0.4) is 0 Å². The quantitative estimate of drug-likeness (QED) is 0.472. The summed E-state index contributed by atoms with van der Waals surface area (Å²) in [6.45, 7) is 1.72. The average molecular weight is 254 g/mol. The van der Waals surface area contributed by atoms with E-state index in [0.717, 1.165) is 12.1 Å². The molecule has 1 aromatic heterocycles. The molecule has 0 bridgehead atoms. The van der Waals surface area contributed by atoms with Crippen LogP contribution in [0.2, 0.25) is 0 Å². The molecule has 0 N–H and O–H groups in total.